The smallest absolute Gasteiger partial charge is 0.0755 e. The van der Waals surface area contributed by atoms with E-state index in [2.05, 4.69) is 23.5 Å². The number of phosphoric acid groups is 2. The highest BCUT2D eigenvalue weighted by Crippen LogP contribution is 2.42. The SMILES string of the molecule is CCCC[NH2+]CCCC.O=P([O-])([O-])OP(=O)([O-])[O-]. The summed E-state index contributed by atoms with van der Waals surface area (Å²) in [4.78, 5) is 37.3. The minimum atomic E-state index is -5.68. The van der Waals surface area contributed by atoms with Gasteiger partial charge >= 0.3 is 0 Å². The third-order valence-corrected chi connectivity index (χ3v) is 3.32. The van der Waals surface area contributed by atoms with Crippen LogP contribution in [-0.4, -0.2) is 13.1 Å². The van der Waals surface area contributed by atoms with Crippen LogP contribution < -0.4 is 24.9 Å². The Kier molecular flexibility index (Phi) is 12.6. The van der Waals surface area contributed by atoms with Crippen molar-refractivity contribution in [3.8, 4) is 0 Å². The molecule has 18 heavy (non-hydrogen) atoms. The van der Waals surface area contributed by atoms with Crippen LogP contribution in [0.15, 0.2) is 0 Å². The molecule has 0 saturated heterocycles. The van der Waals surface area contributed by atoms with E-state index in [9.17, 15) is 28.7 Å². The molecule has 0 radical (unpaired) electrons. The Morgan fingerprint density at radius 1 is 0.889 bits per heavy atom. The average molecular weight is 304 g/mol. The Labute approximate surface area is 107 Å². The number of unbranched alkanes of at least 4 members (excludes halogenated alkanes) is 2. The summed E-state index contributed by atoms with van der Waals surface area (Å²) in [6, 6.07) is 0. The maximum absolute atomic E-state index is 9.32. The molecule has 0 atom stereocenters. The molecule has 8 nitrogen and oxygen atoms in total. The summed E-state index contributed by atoms with van der Waals surface area (Å²) in [5.41, 5.74) is 0. The van der Waals surface area contributed by atoms with Gasteiger partial charge in [-0.1, -0.05) is 26.7 Å². The van der Waals surface area contributed by atoms with E-state index in [1.54, 1.807) is 0 Å². The normalized spacial score (nSPS) is 11.9. The van der Waals surface area contributed by atoms with Gasteiger partial charge in [0.15, 0.2) is 0 Å². The molecule has 0 spiro atoms. The van der Waals surface area contributed by atoms with Crippen molar-refractivity contribution < 1.29 is 38.3 Å². The van der Waals surface area contributed by atoms with Gasteiger partial charge in [0.25, 0.3) is 0 Å². The zero-order chi connectivity index (χ0) is 14.7. The summed E-state index contributed by atoms with van der Waals surface area (Å²) < 4.78 is 21.2. The molecule has 0 heterocycles. The number of hydrogen-bond donors (Lipinski definition) is 1. The van der Waals surface area contributed by atoms with Crippen LogP contribution in [0.25, 0.3) is 0 Å². The summed E-state index contributed by atoms with van der Waals surface area (Å²) in [5.74, 6) is 0. The number of nitrogens with two attached hydrogens (primary N) is 1. The van der Waals surface area contributed by atoms with Crippen molar-refractivity contribution in [2.75, 3.05) is 13.1 Å². The number of rotatable bonds is 8. The predicted octanol–water partition coefficient (Wildman–Crippen LogP) is -2.19. The van der Waals surface area contributed by atoms with Gasteiger partial charge < -0.3 is 38.3 Å². The van der Waals surface area contributed by atoms with E-state index < -0.39 is 15.6 Å². The van der Waals surface area contributed by atoms with Gasteiger partial charge in [0, 0.05) is 0 Å². The number of hydrogen-bond acceptors (Lipinski definition) is 7. The second-order valence-corrected chi connectivity index (χ2v) is 5.99. The molecule has 2 N–H and O–H groups in total. The lowest BCUT2D eigenvalue weighted by Gasteiger charge is -2.39. The van der Waals surface area contributed by atoms with Gasteiger partial charge in [-0.25, -0.2) is 0 Å². The summed E-state index contributed by atoms with van der Waals surface area (Å²) in [6.45, 7) is 7.15. The molecule has 112 valence electrons. The maximum atomic E-state index is 9.32. The summed E-state index contributed by atoms with van der Waals surface area (Å²) in [5, 5.41) is 2.42. The van der Waals surface area contributed by atoms with E-state index in [0.29, 0.717) is 0 Å². The molecular formula is C8H20NO7P2-3. The Balaban J connectivity index is 0. The summed E-state index contributed by atoms with van der Waals surface area (Å²) >= 11 is 0. The molecule has 0 saturated carbocycles. The number of quaternary nitrogens is 1. The largest absolute Gasteiger partial charge is 0.790 e. The third kappa shape index (κ3) is 25.2. The van der Waals surface area contributed by atoms with E-state index in [0.717, 1.165) is 0 Å². The first kappa shape index (κ1) is 20.5. The van der Waals surface area contributed by atoms with Crippen LogP contribution in [0.2, 0.25) is 0 Å². The molecule has 10 heteroatoms. The Bertz CT molecular complexity index is 249. The molecule has 0 aromatic carbocycles. The van der Waals surface area contributed by atoms with Gasteiger partial charge in [-0.2, -0.15) is 0 Å². The van der Waals surface area contributed by atoms with Gasteiger partial charge in [-0.15, -0.1) is 0 Å². The first-order chi connectivity index (χ1) is 8.12. The van der Waals surface area contributed by atoms with Gasteiger partial charge in [0.05, 0.1) is 28.7 Å². The van der Waals surface area contributed by atoms with E-state index in [1.807, 2.05) is 0 Å². The lowest BCUT2D eigenvalue weighted by atomic mass is 10.3. The topological polar surface area (TPSA) is 152 Å². The molecule has 0 aromatic rings. The standard InChI is InChI=1S/C8H19N.H4O7P2/c1-3-5-7-9-8-6-4-2;1-8(2,3)7-9(4,5)6/h9H,3-8H2,1-2H3;(H2,1,2,3)(H2,4,5,6)/p-3. The van der Waals surface area contributed by atoms with Crippen molar-refractivity contribution in [1.29, 1.82) is 0 Å². The Morgan fingerprint density at radius 3 is 1.39 bits per heavy atom. The van der Waals surface area contributed by atoms with E-state index in [4.69, 9.17) is 0 Å². The summed E-state index contributed by atoms with van der Waals surface area (Å²) in [7, 11) is -11.4. The van der Waals surface area contributed by atoms with E-state index in [-0.39, 0.29) is 0 Å². The second kappa shape index (κ2) is 11.1. The maximum Gasteiger partial charge on any atom is 0.0755 e. The predicted molar refractivity (Wildman–Crippen MR) is 57.8 cm³/mol. The van der Waals surface area contributed by atoms with Crippen molar-refractivity contribution >= 4 is 15.6 Å². The van der Waals surface area contributed by atoms with Gasteiger partial charge in [-0.3, -0.25) is 0 Å². The first-order valence-electron chi connectivity index (χ1n) is 5.69. The minimum Gasteiger partial charge on any atom is -0.790 e. The zero-order valence-corrected chi connectivity index (χ0v) is 12.4. The molecule has 0 aliphatic heterocycles. The Morgan fingerprint density at radius 2 is 1.22 bits per heavy atom. The molecule has 0 aromatic heterocycles. The van der Waals surface area contributed by atoms with Gasteiger partial charge in [0.1, 0.15) is 0 Å². The highest BCUT2D eigenvalue weighted by Gasteiger charge is 1.92. The fourth-order valence-electron chi connectivity index (χ4n) is 0.964. The molecule has 0 bridgehead atoms. The van der Waals surface area contributed by atoms with Crippen molar-refractivity contribution in [2.24, 2.45) is 0 Å². The van der Waals surface area contributed by atoms with Gasteiger partial charge in [-0.05, 0) is 12.8 Å². The molecule has 0 fully saturated rings. The van der Waals surface area contributed by atoms with Crippen LogP contribution in [-0.2, 0) is 13.4 Å². The third-order valence-electron chi connectivity index (χ3n) is 1.72. The molecule has 0 aliphatic carbocycles. The highest BCUT2D eigenvalue weighted by atomic mass is 31.3. The van der Waals surface area contributed by atoms with Crippen molar-refractivity contribution in [2.45, 2.75) is 39.5 Å². The molecule has 0 amide bonds. The van der Waals surface area contributed by atoms with E-state index >= 15 is 0 Å². The lowest BCUT2D eigenvalue weighted by Crippen LogP contribution is -2.84. The molecular weight excluding hydrogens is 284 g/mol. The van der Waals surface area contributed by atoms with Crippen LogP contribution in [0.5, 0.6) is 0 Å². The lowest BCUT2D eigenvalue weighted by molar-refractivity contribution is -0.655. The van der Waals surface area contributed by atoms with Crippen LogP contribution in [0, 0.1) is 0 Å². The van der Waals surface area contributed by atoms with Crippen molar-refractivity contribution in [3.05, 3.63) is 0 Å². The second-order valence-electron chi connectivity index (χ2n) is 3.55. The van der Waals surface area contributed by atoms with Gasteiger partial charge in [0.2, 0.25) is 0 Å². The van der Waals surface area contributed by atoms with Crippen molar-refractivity contribution in [1.82, 2.24) is 0 Å². The average Bonchev–Trinajstić information content (AvgIpc) is 2.13. The fraction of sp³-hybridized carbons (Fsp3) is 1.00. The quantitative estimate of drug-likeness (QED) is 0.395. The molecule has 0 aliphatic rings. The van der Waals surface area contributed by atoms with E-state index in [1.165, 1.54) is 38.8 Å². The molecule has 0 unspecified atom stereocenters. The van der Waals surface area contributed by atoms with Crippen molar-refractivity contribution in [3.63, 3.8) is 0 Å². The van der Waals surface area contributed by atoms with Crippen LogP contribution >= 0.6 is 15.6 Å². The zero-order valence-electron chi connectivity index (χ0n) is 10.6. The highest BCUT2D eigenvalue weighted by molar-refractivity contribution is 7.57. The van der Waals surface area contributed by atoms with Crippen LogP contribution in [0.3, 0.4) is 0 Å². The van der Waals surface area contributed by atoms with Crippen LogP contribution in [0.1, 0.15) is 39.5 Å². The molecule has 0 rings (SSSR count). The summed E-state index contributed by atoms with van der Waals surface area (Å²) in [6.07, 6.45) is 5.43. The minimum absolute atomic E-state index is 1.33. The first-order valence-corrected chi connectivity index (χ1v) is 8.61. The van der Waals surface area contributed by atoms with Crippen LogP contribution in [0.4, 0.5) is 0 Å². The monoisotopic (exact) mass is 304 g/mol. The fourth-order valence-corrected chi connectivity index (χ4v) is 1.94. The Hall–Kier alpha value is 0.220.